The van der Waals surface area contributed by atoms with Crippen LogP contribution in [0.4, 0.5) is 0 Å². The Kier molecular flexibility index (Phi) is 9.11. The highest BCUT2D eigenvalue weighted by atomic mass is 35.5. The van der Waals surface area contributed by atoms with E-state index in [1.165, 1.54) is 6.92 Å². The van der Waals surface area contributed by atoms with Crippen LogP contribution in [0.2, 0.25) is 10.0 Å². The molecule has 0 spiro atoms. The van der Waals surface area contributed by atoms with Crippen molar-refractivity contribution in [3.63, 3.8) is 0 Å². The van der Waals surface area contributed by atoms with Crippen LogP contribution in [0.25, 0.3) is 0 Å². The normalized spacial score (nSPS) is 10.8. The van der Waals surface area contributed by atoms with Gasteiger partial charge in [-0.3, -0.25) is 9.59 Å². The Morgan fingerprint density at radius 3 is 2.46 bits per heavy atom. The molecule has 0 saturated heterocycles. The van der Waals surface area contributed by atoms with Crippen LogP contribution in [0.5, 0.6) is 0 Å². The molecule has 0 unspecified atom stereocenters. The number of amides is 2. The average molecular weight is 374 g/mol. The fourth-order valence-electron chi connectivity index (χ4n) is 2.22. The van der Waals surface area contributed by atoms with Crippen molar-refractivity contribution >= 4 is 35.0 Å². The monoisotopic (exact) mass is 373 g/mol. The summed E-state index contributed by atoms with van der Waals surface area (Å²) in [5.41, 5.74) is 0.927. The molecule has 1 aromatic carbocycles. The maximum atomic E-state index is 12.0. The molecule has 0 aliphatic heterocycles. The smallest absolute Gasteiger partial charge is 0.239 e. The first-order valence-electron chi connectivity index (χ1n) is 7.90. The lowest BCUT2D eigenvalue weighted by molar-refractivity contribution is -0.134. The summed E-state index contributed by atoms with van der Waals surface area (Å²) in [5, 5.41) is 4.00. The van der Waals surface area contributed by atoms with Gasteiger partial charge in [-0.05, 0) is 51.2 Å². The maximum Gasteiger partial charge on any atom is 0.239 e. The van der Waals surface area contributed by atoms with Crippen LogP contribution in [0.3, 0.4) is 0 Å². The zero-order valence-electron chi connectivity index (χ0n) is 14.4. The lowest BCUT2D eigenvalue weighted by Crippen LogP contribution is -2.41. The molecule has 2 amide bonds. The molecule has 0 radical (unpaired) electrons. The topological polar surface area (TPSA) is 52.7 Å². The van der Waals surface area contributed by atoms with Crippen LogP contribution < -0.4 is 5.32 Å². The third-order valence-electron chi connectivity index (χ3n) is 3.54. The lowest BCUT2D eigenvalue weighted by atomic mass is 10.1. The summed E-state index contributed by atoms with van der Waals surface area (Å²) in [4.78, 5) is 27.3. The van der Waals surface area contributed by atoms with Crippen LogP contribution >= 0.6 is 23.2 Å². The standard InChI is InChI=1S/C17H25Cl2N3O2/c1-13(23)22(10-4-9-21(2)3)12-17(24)20-8-7-14-5-6-15(18)11-16(14)19/h5-6,11H,4,7-10,12H2,1-3H3,(H,20,24). The highest BCUT2D eigenvalue weighted by Gasteiger charge is 2.13. The summed E-state index contributed by atoms with van der Waals surface area (Å²) in [6.45, 7) is 3.47. The van der Waals surface area contributed by atoms with E-state index in [9.17, 15) is 9.59 Å². The Morgan fingerprint density at radius 1 is 1.17 bits per heavy atom. The minimum atomic E-state index is -0.167. The Labute approximate surface area is 153 Å². The van der Waals surface area contributed by atoms with Crippen LogP contribution in [0.1, 0.15) is 18.9 Å². The van der Waals surface area contributed by atoms with E-state index < -0.39 is 0 Å². The Balaban J connectivity index is 2.38. The summed E-state index contributed by atoms with van der Waals surface area (Å²) in [7, 11) is 3.96. The van der Waals surface area contributed by atoms with Crippen molar-refractivity contribution in [2.24, 2.45) is 0 Å². The van der Waals surface area contributed by atoms with Crippen molar-refractivity contribution in [2.75, 3.05) is 40.3 Å². The van der Waals surface area contributed by atoms with Gasteiger partial charge in [0.2, 0.25) is 11.8 Å². The molecule has 1 aromatic rings. The van der Waals surface area contributed by atoms with Gasteiger partial charge in [-0.15, -0.1) is 0 Å². The van der Waals surface area contributed by atoms with Gasteiger partial charge in [-0.1, -0.05) is 29.3 Å². The van der Waals surface area contributed by atoms with E-state index in [0.717, 1.165) is 18.5 Å². The van der Waals surface area contributed by atoms with Crippen LogP contribution in [0, 0.1) is 0 Å². The predicted molar refractivity (Wildman–Crippen MR) is 98.6 cm³/mol. The molecule has 1 rings (SSSR count). The van der Waals surface area contributed by atoms with Gasteiger partial charge < -0.3 is 15.1 Å². The van der Waals surface area contributed by atoms with Gasteiger partial charge in [0.1, 0.15) is 0 Å². The first-order valence-corrected chi connectivity index (χ1v) is 8.66. The van der Waals surface area contributed by atoms with Crippen molar-refractivity contribution in [1.82, 2.24) is 15.1 Å². The molecule has 0 aliphatic carbocycles. The van der Waals surface area contributed by atoms with Crippen LogP contribution in [0.15, 0.2) is 18.2 Å². The molecule has 134 valence electrons. The van der Waals surface area contributed by atoms with E-state index in [-0.39, 0.29) is 18.4 Å². The molecule has 0 fully saturated rings. The minimum absolute atomic E-state index is 0.0805. The molecule has 7 heteroatoms. The Morgan fingerprint density at radius 2 is 1.88 bits per heavy atom. The summed E-state index contributed by atoms with van der Waals surface area (Å²) >= 11 is 12.0. The molecule has 0 saturated carbocycles. The third-order valence-corrected chi connectivity index (χ3v) is 4.13. The molecule has 0 aliphatic rings. The van der Waals surface area contributed by atoms with E-state index in [2.05, 4.69) is 5.32 Å². The highest BCUT2D eigenvalue weighted by molar-refractivity contribution is 6.35. The van der Waals surface area contributed by atoms with Crippen molar-refractivity contribution < 1.29 is 9.59 Å². The summed E-state index contributed by atoms with van der Waals surface area (Å²) in [5.74, 6) is -0.259. The molecule has 0 bridgehead atoms. The zero-order chi connectivity index (χ0) is 18.1. The third kappa shape index (κ3) is 7.99. The summed E-state index contributed by atoms with van der Waals surface area (Å²) in [6.07, 6.45) is 1.45. The van der Waals surface area contributed by atoms with Gasteiger partial charge in [0, 0.05) is 30.1 Å². The average Bonchev–Trinajstić information content (AvgIpc) is 2.48. The van der Waals surface area contributed by atoms with Crippen LogP contribution in [-0.2, 0) is 16.0 Å². The first-order chi connectivity index (χ1) is 11.3. The van der Waals surface area contributed by atoms with Gasteiger partial charge in [0.25, 0.3) is 0 Å². The quantitative estimate of drug-likeness (QED) is 0.723. The summed E-state index contributed by atoms with van der Waals surface area (Å²) in [6, 6.07) is 5.30. The molecular formula is C17H25Cl2N3O2. The molecular weight excluding hydrogens is 349 g/mol. The molecule has 0 aromatic heterocycles. The van der Waals surface area contributed by atoms with Gasteiger partial charge in [0.05, 0.1) is 6.54 Å². The van der Waals surface area contributed by atoms with E-state index in [4.69, 9.17) is 23.2 Å². The number of rotatable bonds is 9. The first kappa shape index (κ1) is 20.7. The predicted octanol–water partition coefficient (Wildman–Crippen LogP) is 2.45. The minimum Gasteiger partial charge on any atom is -0.354 e. The SMILES string of the molecule is CC(=O)N(CCCN(C)C)CC(=O)NCCc1ccc(Cl)cc1Cl. The van der Waals surface area contributed by atoms with Crippen LogP contribution in [-0.4, -0.2) is 61.9 Å². The van der Waals surface area contributed by atoms with E-state index in [1.54, 1.807) is 17.0 Å². The molecule has 1 N–H and O–H groups in total. The molecule has 0 heterocycles. The molecule has 5 nitrogen and oxygen atoms in total. The van der Waals surface area contributed by atoms with Crippen molar-refractivity contribution in [3.8, 4) is 0 Å². The Bertz CT molecular complexity index is 565. The second-order valence-corrected chi connectivity index (χ2v) is 6.78. The van der Waals surface area contributed by atoms with E-state index >= 15 is 0 Å². The van der Waals surface area contributed by atoms with Gasteiger partial charge >= 0.3 is 0 Å². The second-order valence-electron chi connectivity index (χ2n) is 5.93. The van der Waals surface area contributed by atoms with Crippen molar-refractivity contribution in [2.45, 2.75) is 19.8 Å². The number of nitrogens with zero attached hydrogens (tertiary/aromatic N) is 2. The number of carbonyl (C=O) groups is 2. The van der Waals surface area contributed by atoms with Gasteiger partial charge in [-0.2, -0.15) is 0 Å². The van der Waals surface area contributed by atoms with Crippen molar-refractivity contribution in [3.05, 3.63) is 33.8 Å². The number of nitrogens with one attached hydrogen (secondary N) is 1. The van der Waals surface area contributed by atoms with Gasteiger partial charge in [0.15, 0.2) is 0 Å². The highest BCUT2D eigenvalue weighted by Crippen LogP contribution is 2.20. The number of halogens is 2. The summed E-state index contributed by atoms with van der Waals surface area (Å²) < 4.78 is 0. The van der Waals surface area contributed by atoms with E-state index in [0.29, 0.717) is 29.6 Å². The number of benzene rings is 1. The van der Waals surface area contributed by atoms with Gasteiger partial charge in [-0.25, -0.2) is 0 Å². The van der Waals surface area contributed by atoms with E-state index in [1.807, 2.05) is 25.1 Å². The number of carbonyl (C=O) groups excluding carboxylic acids is 2. The largest absolute Gasteiger partial charge is 0.354 e. The molecule has 0 atom stereocenters. The maximum absolute atomic E-state index is 12.0. The molecule has 24 heavy (non-hydrogen) atoms. The number of hydrogen-bond acceptors (Lipinski definition) is 3. The number of hydrogen-bond donors (Lipinski definition) is 1. The fraction of sp³-hybridized carbons (Fsp3) is 0.529. The fourth-order valence-corrected chi connectivity index (χ4v) is 2.72. The van der Waals surface area contributed by atoms with Crippen molar-refractivity contribution in [1.29, 1.82) is 0 Å². The second kappa shape index (κ2) is 10.5. The lowest BCUT2D eigenvalue weighted by Gasteiger charge is -2.21. The zero-order valence-corrected chi connectivity index (χ0v) is 16.0. The Hall–Kier alpha value is -1.30.